The first-order valence-corrected chi connectivity index (χ1v) is 7.85. The average molecular weight is 372 g/mol. The Kier molecular flexibility index (Phi) is 6.76. The normalized spacial score (nSPS) is 10.4. The van der Waals surface area contributed by atoms with Gasteiger partial charge in [0.25, 0.3) is 5.91 Å². The van der Waals surface area contributed by atoms with Crippen molar-refractivity contribution in [3.63, 3.8) is 0 Å². The highest BCUT2D eigenvalue weighted by Gasteiger charge is 2.17. The molecule has 0 aliphatic rings. The fourth-order valence-corrected chi connectivity index (χ4v) is 2.26. The van der Waals surface area contributed by atoms with Crippen molar-refractivity contribution < 1.29 is 28.5 Å². The number of nitrogens with one attached hydrogen (secondary N) is 1. The lowest BCUT2D eigenvalue weighted by atomic mass is 10.1. The van der Waals surface area contributed by atoms with Crippen LogP contribution in [0.1, 0.15) is 26.3 Å². The highest BCUT2D eigenvalue weighted by Crippen LogP contribution is 2.28. The molecule has 0 spiro atoms. The van der Waals surface area contributed by atoms with Gasteiger partial charge in [-0.05, 0) is 30.3 Å². The van der Waals surface area contributed by atoms with E-state index in [1.807, 2.05) is 0 Å². The number of hydrazone groups is 1. The smallest absolute Gasteiger partial charge is 0.338 e. The maximum Gasteiger partial charge on any atom is 0.338 e. The molecule has 0 radical (unpaired) electrons. The molecule has 2 aromatic carbocycles. The summed E-state index contributed by atoms with van der Waals surface area (Å²) in [5, 5.41) is 3.92. The van der Waals surface area contributed by atoms with Crippen LogP contribution >= 0.6 is 0 Å². The molecule has 0 unspecified atom stereocenters. The van der Waals surface area contributed by atoms with E-state index in [-0.39, 0.29) is 5.56 Å². The van der Waals surface area contributed by atoms with Gasteiger partial charge in [0.1, 0.15) is 17.2 Å². The van der Waals surface area contributed by atoms with Crippen molar-refractivity contribution in [3.05, 3.63) is 53.1 Å². The molecule has 0 aromatic heterocycles. The van der Waals surface area contributed by atoms with Crippen LogP contribution in [0.25, 0.3) is 0 Å². The van der Waals surface area contributed by atoms with Gasteiger partial charge < -0.3 is 18.9 Å². The molecule has 0 fully saturated rings. The van der Waals surface area contributed by atoms with Crippen LogP contribution in [-0.2, 0) is 4.74 Å². The maximum atomic E-state index is 12.2. The lowest BCUT2D eigenvalue weighted by Crippen LogP contribution is -2.18. The van der Waals surface area contributed by atoms with Crippen LogP contribution in [0.5, 0.6) is 17.2 Å². The van der Waals surface area contributed by atoms with Gasteiger partial charge in [0.05, 0.1) is 45.8 Å². The van der Waals surface area contributed by atoms with Crippen molar-refractivity contribution in [2.45, 2.75) is 0 Å². The van der Waals surface area contributed by atoms with Crippen LogP contribution in [-0.4, -0.2) is 46.5 Å². The molecular formula is C19H20N2O6. The van der Waals surface area contributed by atoms with Crippen LogP contribution in [0.3, 0.4) is 0 Å². The fraction of sp³-hybridized carbons (Fsp3) is 0.211. The van der Waals surface area contributed by atoms with Crippen molar-refractivity contribution in [3.8, 4) is 17.2 Å². The molecule has 0 saturated heterocycles. The molecule has 27 heavy (non-hydrogen) atoms. The van der Waals surface area contributed by atoms with Crippen molar-refractivity contribution in [1.82, 2.24) is 5.43 Å². The summed E-state index contributed by atoms with van der Waals surface area (Å²) in [5.74, 6) is 0.403. The summed E-state index contributed by atoms with van der Waals surface area (Å²) in [4.78, 5) is 24.2. The Labute approximate surface area is 156 Å². The molecule has 1 N–H and O–H groups in total. The SMILES string of the molecule is COC(=O)c1cc(OC)cc(OC)c1/C=N/NC(=O)c1ccc(OC)cc1. The predicted molar refractivity (Wildman–Crippen MR) is 98.9 cm³/mol. The summed E-state index contributed by atoms with van der Waals surface area (Å²) in [6.07, 6.45) is 1.31. The van der Waals surface area contributed by atoms with Crippen LogP contribution in [0, 0.1) is 0 Å². The number of rotatable bonds is 7. The monoisotopic (exact) mass is 372 g/mol. The zero-order valence-electron chi connectivity index (χ0n) is 15.4. The second kappa shape index (κ2) is 9.23. The molecule has 8 heteroatoms. The lowest BCUT2D eigenvalue weighted by Gasteiger charge is -2.12. The highest BCUT2D eigenvalue weighted by atomic mass is 16.5. The largest absolute Gasteiger partial charge is 0.497 e. The lowest BCUT2D eigenvalue weighted by molar-refractivity contribution is 0.0599. The van der Waals surface area contributed by atoms with Gasteiger partial charge in [0.2, 0.25) is 0 Å². The molecule has 8 nitrogen and oxygen atoms in total. The number of hydrogen-bond acceptors (Lipinski definition) is 7. The van der Waals surface area contributed by atoms with Crippen LogP contribution < -0.4 is 19.6 Å². The van der Waals surface area contributed by atoms with Gasteiger partial charge in [-0.25, -0.2) is 10.2 Å². The molecule has 2 aromatic rings. The van der Waals surface area contributed by atoms with E-state index in [0.29, 0.717) is 28.4 Å². The van der Waals surface area contributed by atoms with Gasteiger partial charge in [0, 0.05) is 11.6 Å². The van der Waals surface area contributed by atoms with Crippen LogP contribution in [0.4, 0.5) is 0 Å². The van der Waals surface area contributed by atoms with E-state index < -0.39 is 11.9 Å². The van der Waals surface area contributed by atoms with Crippen molar-refractivity contribution >= 4 is 18.1 Å². The van der Waals surface area contributed by atoms with E-state index in [0.717, 1.165) is 0 Å². The Morgan fingerprint density at radius 3 is 2.15 bits per heavy atom. The molecular weight excluding hydrogens is 352 g/mol. The summed E-state index contributed by atoms with van der Waals surface area (Å²) in [5.41, 5.74) is 3.34. The quantitative estimate of drug-likeness (QED) is 0.455. The minimum atomic E-state index is -0.588. The summed E-state index contributed by atoms with van der Waals surface area (Å²) in [7, 11) is 5.73. The molecule has 142 valence electrons. The van der Waals surface area contributed by atoms with E-state index in [4.69, 9.17) is 18.9 Å². The molecule has 0 aliphatic carbocycles. The molecule has 0 heterocycles. The zero-order valence-corrected chi connectivity index (χ0v) is 15.4. The number of carbonyl (C=O) groups excluding carboxylic acids is 2. The van der Waals surface area contributed by atoms with Gasteiger partial charge in [-0.1, -0.05) is 0 Å². The number of nitrogens with zero attached hydrogens (tertiary/aromatic N) is 1. The Bertz CT molecular complexity index is 846. The zero-order chi connectivity index (χ0) is 19.8. The minimum Gasteiger partial charge on any atom is -0.497 e. The Hall–Kier alpha value is -3.55. The number of ether oxygens (including phenoxy) is 4. The van der Waals surface area contributed by atoms with E-state index >= 15 is 0 Å². The standard InChI is InChI=1S/C19H20N2O6/c1-24-13-7-5-12(6-8-13)18(22)21-20-11-16-15(19(23)27-4)9-14(25-2)10-17(16)26-3/h5-11H,1-4H3,(H,21,22)/b20-11+. The number of esters is 1. The second-order valence-electron chi connectivity index (χ2n) is 5.21. The second-order valence-corrected chi connectivity index (χ2v) is 5.21. The maximum absolute atomic E-state index is 12.2. The average Bonchev–Trinajstić information content (AvgIpc) is 2.72. The van der Waals surface area contributed by atoms with Crippen molar-refractivity contribution in [2.75, 3.05) is 28.4 Å². The third-order valence-electron chi connectivity index (χ3n) is 3.69. The molecule has 0 atom stereocenters. The topological polar surface area (TPSA) is 95.5 Å². The van der Waals surface area contributed by atoms with Gasteiger partial charge in [-0.3, -0.25) is 4.79 Å². The van der Waals surface area contributed by atoms with Gasteiger partial charge in [0.15, 0.2) is 0 Å². The summed E-state index contributed by atoms with van der Waals surface area (Å²) < 4.78 is 20.3. The van der Waals surface area contributed by atoms with Gasteiger partial charge in [-0.15, -0.1) is 0 Å². The number of carbonyl (C=O) groups is 2. The fourth-order valence-electron chi connectivity index (χ4n) is 2.26. The van der Waals surface area contributed by atoms with Crippen LogP contribution in [0.2, 0.25) is 0 Å². The van der Waals surface area contributed by atoms with Crippen molar-refractivity contribution in [1.29, 1.82) is 0 Å². The predicted octanol–water partition coefficient (Wildman–Crippen LogP) is 2.26. The van der Waals surface area contributed by atoms with Gasteiger partial charge in [-0.2, -0.15) is 5.10 Å². The minimum absolute atomic E-state index is 0.191. The summed E-state index contributed by atoms with van der Waals surface area (Å²) in [6.45, 7) is 0. The molecule has 0 saturated carbocycles. The summed E-state index contributed by atoms with van der Waals surface area (Å²) >= 11 is 0. The number of hydrogen-bond donors (Lipinski definition) is 1. The van der Waals surface area contributed by atoms with Crippen LogP contribution in [0.15, 0.2) is 41.5 Å². The first kappa shape index (κ1) is 19.8. The van der Waals surface area contributed by atoms with E-state index in [2.05, 4.69) is 10.5 Å². The Morgan fingerprint density at radius 1 is 0.926 bits per heavy atom. The third-order valence-corrected chi connectivity index (χ3v) is 3.69. The molecule has 1 amide bonds. The van der Waals surface area contributed by atoms with Crippen molar-refractivity contribution in [2.24, 2.45) is 5.10 Å². The number of methoxy groups -OCH3 is 4. The summed E-state index contributed by atoms with van der Waals surface area (Å²) in [6, 6.07) is 9.65. The van der Waals surface area contributed by atoms with E-state index in [9.17, 15) is 9.59 Å². The highest BCUT2D eigenvalue weighted by molar-refractivity contribution is 6.02. The first-order valence-electron chi connectivity index (χ1n) is 7.85. The molecule has 2 rings (SSSR count). The molecule has 0 aliphatic heterocycles. The van der Waals surface area contributed by atoms with E-state index in [1.54, 1.807) is 37.4 Å². The van der Waals surface area contributed by atoms with Gasteiger partial charge >= 0.3 is 5.97 Å². The first-order chi connectivity index (χ1) is 13.0. The Morgan fingerprint density at radius 2 is 1.59 bits per heavy atom. The van der Waals surface area contributed by atoms with E-state index in [1.165, 1.54) is 33.6 Å². The number of amides is 1. The molecule has 0 bridgehead atoms. The Balaban J connectivity index is 2.26. The number of benzene rings is 2. The third kappa shape index (κ3) is 4.75.